The van der Waals surface area contributed by atoms with E-state index in [1.165, 1.54) is 6.07 Å². The first-order valence-corrected chi connectivity index (χ1v) is 11.1. The maximum Gasteiger partial charge on any atom is 0.303 e. The van der Waals surface area contributed by atoms with Crippen molar-refractivity contribution < 1.29 is 23.8 Å². The van der Waals surface area contributed by atoms with E-state index in [-0.39, 0.29) is 25.4 Å². The summed E-state index contributed by atoms with van der Waals surface area (Å²) in [4.78, 5) is 25.5. The molecule has 0 bridgehead atoms. The summed E-state index contributed by atoms with van der Waals surface area (Å²) in [5.74, 6) is -0.997. The average molecular weight is 448 g/mol. The molecule has 0 saturated carbocycles. The van der Waals surface area contributed by atoms with Crippen molar-refractivity contribution in [1.29, 1.82) is 0 Å². The van der Waals surface area contributed by atoms with E-state index in [2.05, 4.69) is 0 Å². The summed E-state index contributed by atoms with van der Waals surface area (Å²) < 4.78 is 20.2. The van der Waals surface area contributed by atoms with Crippen molar-refractivity contribution in [3.63, 3.8) is 0 Å². The van der Waals surface area contributed by atoms with Gasteiger partial charge in [0, 0.05) is 31.0 Å². The van der Waals surface area contributed by atoms with Crippen LogP contribution in [-0.2, 0) is 35.5 Å². The fraction of sp³-hybridized carbons (Fsp3) is 0.259. The monoisotopic (exact) mass is 447 g/mol. The molecule has 0 saturated heterocycles. The number of aliphatic carboxylic acids is 1. The maximum absolute atomic E-state index is 14.3. The van der Waals surface area contributed by atoms with Crippen LogP contribution in [0.15, 0.2) is 66.7 Å². The predicted octanol–water partition coefficient (Wildman–Crippen LogP) is 4.94. The van der Waals surface area contributed by atoms with Gasteiger partial charge in [-0.1, -0.05) is 54.6 Å². The van der Waals surface area contributed by atoms with Gasteiger partial charge in [0.2, 0.25) is 5.91 Å². The molecule has 4 rings (SSSR count). The largest absolute Gasteiger partial charge is 0.489 e. The number of carbonyl (C=O) groups excluding carboxylic acids is 1. The number of carboxylic acid groups (broad SMARTS) is 1. The molecule has 0 atom stereocenters. The minimum absolute atomic E-state index is 0.0823. The van der Waals surface area contributed by atoms with Crippen LogP contribution < -0.4 is 9.64 Å². The SMILES string of the molecule is O=C(O)CCc1ccc(OCc2cccc3c2N(C(=O)CCc2ccccc2)CC3)cc1F. The number of nitrogens with zero attached hydrogens (tertiary/aromatic N) is 1. The summed E-state index contributed by atoms with van der Waals surface area (Å²) >= 11 is 0. The Morgan fingerprint density at radius 1 is 0.939 bits per heavy atom. The highest BCUT2D eigenvalue weighted by Gasteiger charge is 2.27. The second-order valence-electron chi connectivity index (χ2n) is 8.14. The Morgan fingerprint density at radius 2 is 1.76 bits per heavy atom. The van der Waals surface area contributed by atoms with Gasteiger partial charge in [0.1, 0.15) is 18.2 Å². The Bertz CT molecular complexity index is 1150. The van der Waals surface area contributed by atoms with Crippen molar-refractivity contribution in [2.24, 2.45) is 0 Å². The summed E-state index contributed by atoms with van der Waals surface area (Å²) in [6.07, 6.45) is 1.93. The highest BCUT2D eigenvalue weighted by atomic mass is 19.1. The molecular formula is C27H26FNO4. The highest BCUT2D eigenvalue weighted by Crippen LogP contribution is 2.33. The molecule has 0 fully saturated rings. The topological polar surface area (TPSA) is 66.8 Å². The molecule has 0 radical (unpaired) electrons. The van der Waals surface area contributed by atoms with Gasteiger partial charge in [0.05, 0.1) is 5.69 Å². The Hall–Kier alpha value is -3.67. The molecule has 1 aliphatic rings. The fourth-order valence-corrected chi connectivity index (χ4v) is 4.16. The van der Waals surface area contributed by atoms with Gasteiger partial charge in [0.25, 0.3) is 0 Å². The summed E-state index contributed by atoms with van der Waals surface area (Å²) in [5.41, 5.74) is 4.37. The number of fused-ring (bicyclic) bond motifs is 1. The molecule has 1 amide bonds. The van der Waals surface area contributed by atoms with Crippen molar-refractivity contribution in [2.45, 2.75) is 38.7 Å². The third-order valence-electron chi connectivity index (χ3n) is 5.88. The third kappa shape index (κ3) is 5.58. The third-order valence-corrected chi connectivity index (χ3v) is 5.88. The number of aryl methyl sites for hydroxylation is 2. The quantitative estimate of drug-likeness (QED) is 0.504. The minimum Gasteiger partial charge on any atom is -0.489 e. The van der Waals surface area contributed by atoms with Crippen LogP contribution in [0.4, 0.5) is 10.1 Å². The summed E-state index contributed by atoms with van der Waals surface area (Å²) in [5, 5.41) is 8.78. The van der Waals surface area contributed by atoms with Crippen LogP contribution >= 0.6 is 0 Å². The van der Waals surface area contributed by atoms with E-state index >= 15 is 0 Å². The lowest BCUT2D eigenvalue weighted by molar-refractivity contribution is -0.137. The first-order valence-electron chi connectivity index (χ1n) is 11.1. The van der Waals surface area contributed by atoms with Crippen LogP contribution in [0.25, 0.3) is 0 Å². The molecular weight excluding hydrogens is 421 g/mol. The predicted molar refractivity (Wildman–Crippen MR) is 124 cm³/mol. The normalized spacial score (nSPS) is 12.5. The zero-order valence-corrected chi connectivity index (χ0v) is 18.3. The zero-order chi connectivity index (χ0) is 23.2. The van der Waals surface area contributed by atoms with Gasteiger partial charge < -0.3 is 14.7 Å². The number of anilines is 1. The molecule has 0 aliphatic carbocycles. The minimum atomic E-state index is -0.962. The molecule has 6 heteroatoms. The van der Waals surface area contributed by atoms with Crippen molar-refractivity contribution in [3.8, 4) is 5.75 Å². The van der Waals surface area contributed by atoms with Crippen molar-refractivity contribution >= 4 is 17.6 Å². The van der Waals surface area contributed by atoms with Crippen LogP contribution in [0.1, 0.15) is 35.1 Å². The van der Waals surface area contributed by atoms with Gasteiger partial charge >= 0.3 is 5.97 Å². The summed E-state index contributed by atoms with van der Waals surface area (Å²) in [7, 11) is 0. The lowest BCUT2D eigenvalue weighted by Crippen LogP contribution is -2.30. The molecule has 3 aromatic rings. The van der Waals surface area contributed by atoms with E-state index in [0.29, 0.717) is 30.7 Å². The zero-order valence-electron chi connectivity index (χ0n) is 18.3. The number of amides is 1. The molecule has 0 aromatic heterocycles. The molecule has 33 heavy (non-hydrogen) atoms. The maximum atomic E-state index is 14.3. The van der Waals surface area contributed by atoms with Gasteiger partial charge in [0.15, 0.2) is 0 Å². The first kappa shape index (κ1) is 22.5. The molecule has 5 nitrogen and oxygen atoms in total. The van der Waals surface area contributed by atoms with Gasteiger partial charge in [-0.25, -0.2) is 4.39 Å². The van der Waals surface area contributed by atoms with E-state index in [4.69, 9.17) is 9.84 Å². The van der Waals surface area contributed by atoms with E-state index in [1.807, 2.05) is 53.4 Å². The number of benzene rings is 3. The van der Waals surface area contributed by atoms with Crippen molar-refractivity contribution in [3.05, 3.63) is 94.8 Å². The van der Waals surface area contributed by atoms with Gasteiger partial charge in [-0.3, -0.25) is 9.59 Å². The molecule has 170 valence electrons. The lowest BCUT2D eigenvalue weighted by atomic mass is 10.1. The second-order valence-corrected chi connectivity index (χ2v) is 8.14. The van der Waals surface area contributed by atoms with Crippen LogP contribution in [0.2, 0.25) is 0 Å². The van der Waals surface area contributed by atoms with Gasteiger partial charge in [-0.2, -0.15) is 0 Å². The Labute approximate surface area is 192 Å². The molecule has 1 heterocycles. The number of hydrogen-bond acceptors (Lipinski definition) is 3. The van der Waals surface area contributed by atoms with Crippen LogP contribution in [0.3, 0.4) is 0 Å². The Balaban J connectivity index is 1.43. The molecule has 0 unspecified atom stereocenters. The van der Waals surface area contributed by atoms with Gasteiger partial charge in [-0.15, -0.1) is 0 Å². The molecule has 3 aromatic carbocycles. The Morgan fingerprint density at radius 3 is 2.52 bits per heavy atom. The van der Waals surface area contributed by atoms with E-state index in [9.17, 15) is 14.0 Å². The second kappa shape index (κ2) is 10.3. The number of carboxylic acids is 1. The Kier molecular flexibility index (Phi) is 7.03. The fourth-order valence-electron chi connectivity index (χ4n) is 4.16. The number of hydrogen-bond donors (Lipinski definition) is 1. The van der Waals surface area contributed by atoms with Crippen LogP contribution in [0, 0.1) is 5.82 Å². The highest BCUT2D eigenvalue weighted by molar-refractivity contribution is 5.96. The van der Waals surface area contributed by atoms with Crippen LogP contribution in [-0.4, -0.2) is 23.5 Å². The summed E-state index contributed by atoms with van der Waals surface area (Å²) in [6.45, 7) is 0.854. The molecule has 0 spiro atoms. The number of para-hydroxylation sites is 1. The average Bonchev–Trinajstić information content (AvgIpc) is 3.26. The number of rotatable bonds is 9. The van der Waals surface area contributed by atoms with E-state index < -0.39 is 11.8 Å². The molecule has 1 N–H and O–H groups in total. The lowest BCUT2D eigenvalue weighted by Gasteiger charge is -2.21. The van der Waals surface area contributed by atoms with Crippen LogP contribution in [0.5, 0.6) is 5.75 Å². The summed E-state index contributed by atoms with van der Waals surface area (Å²) in [6, 6.07) is 20.4. The van der Waals surface area contributed by atoms with Gasteiger partial charge in [-0.05, 0) is 42.0 Å². The first-order chi connectivity index (χ1) is 16.0. The number of ether oxygens (including phenoxy) is 1. The molecule has 1 aliphatic heterocycles. The van der Waals surface area contributed by atoms with E-state index in [0.717, 1.165) is 28.8 Å². The van der Waals surface area contributed by atoms with E-state index in [1.54, 1.807) is 12.1 Å². The van der Waals surface area contributed by atoms with Crippen molar-refractivity contribution in [1.82, 2.24) is 0 Å². The smallest absolute Gasteiger partial charge is 0.303 e. The number of halogens is 1. The number of carbonyl (C=O) groups is 2. The standard InChI is InChI=1S/C27H26FNO4/c28-24-17-23(12-10-20(24)11-14-26(31)32)33-18-22-8-4-7-21-15-16-29(27(21)22)25(30)13-9-19-5-2-1-3-6-19/h1-8,10,12,17H,9,11,13-16,18H2,(H,31,32). The van der Waals surface area contributed by atoms with Crippen molar-refractivity contribution in [2.75, 3.05) is 11.4 Å².